The molecule has 1 amide bonds. The van der Waals surface area contributed by atoms with Crippen molar-refractivity contribution in [2.75, 3.05) is 18.1 Å². The number of halogens is 1. The molecule has 2 heterocycles. The molecule has 1 aliphatic rings. The van der Waals surface area contributed by atoms with E-state index in [-0.39, 0.29) is 12.5 Å². The summed E-state index contributed by atoms with van der Waals surface area (Å²) in [6.07, 6.45) is 13.1. The van der Waals surface area contributed by atoms with Crippen LogP contribution >= 0.6 is 22.6 Å². The molecule has 0 spiro atoms. The Labute approximate surface area is 227 Å². The summed E-state index contributed by atoms with van der Waals surface area (Å²) >= 11 is 2.22. The third-order valence-electron chi connectivity index (χ3n) is 6.51. The Hall–Kier alpha value is -2.30. The SMILES string of the molecule is CC(C)=CCC/C(C)=C/CN1C(=O)[C@](O)([C@H](C)/C=C/CCn2cc(CCO)nn2)c2cc(I)ccc21. The Kier molecular flexibility index (Phi) is 10.0. The Morgan fingerprint density at radius 3 is 2.72 bits per heavy atom. The molecule has 1 aromatic carbocycles. The molecule has 0 unspecified atom stereocenters. The lowest BCUT2D eigenvalue weighted by molar-refractivity contribution is -0.139. The van der Waals surface area contributed by atoms with Gasteiger partial charge in [0.25, 0.3) is 5.91 Å². The number of carbonyl (C=O) groups is 1. The molecule has 2 aromatic rings. The molecular formula is C28H37IN4O3. The summed E-state index contributed by atoms with van der Waals surface area (Å²) in [4.78, 5) is 15.3. The number of allylic oxidation sites excluding steroid dienone is 4. The Morgan fingerprint density at radius 1 is 1.22 bits per heavy atom. The molecule has 2 atom stereocenters. The molecule has 2 N–H and O–H groups in total. The lowest BCUT2D eigenvalue weighted by Crippen LogP contribution is -2.44. The van der Waals surface area contributed by atoms with Crippen LogP contribution in [0.5, 0.6) is 0 Å². The molecule has 0 fully saturated rings. The number of anilines is 1. The summed E-state index contributed by atoms with van der Waals surface area (Å²) in [6, 6.07) is 5.83. The number of fused-ring (bicyclic) bond motifs is 1. The smallest absolute Gasteiger partial charge is 0.264 e. The first kappa shape index (κ1) is 28.3. The van der Waals surface area contributed by atoms with Gasteiger partial charge in [0, 0.05) is 47.4 Å². The van der Waals surface area contributed by atoms with Gasteiger partial charge in [-0.2, -0.15) is 0 Å². The second kappa shape index (κ2) is 12.8. The highest BCUT2D eigenvalue weighted by Gasteiger charge is 2.52. The van der Waals surface area contributed by atoms with E-state index in [4.69, 9.17) is 5.11 Å². The minimum Gasteiger partial charge on any atom is -0.396 e. The number of carbonyl (C=O) groups excluding carboxylic acids is 1. The highest BCUT2D eigenvalue weighted by Crippen LogP contribution is 2.45. The quantitative estimate of drug-likeness (QED) is 0.265. The van der Waals surface area contributed by atoms with Crippen LogP contribution in [0.2, 0.25) is 0 Å². The summed E-state index contributed by atoms with van der Waals surface area (Å²) in [5, 5.41) is 28.9. The number of aromatic nitrogens is 3. The topological polar surface area (TPSA) is 91.5 Å². The standard InChI is InChI=1S/C28H37IN4O3/c1-20(2)8-7-9-21(3)13-16-33-26-12-11-23(29)18-25(26)28(36,27(33)35)22(4)10-5-6-15-32-19-24(14-17-34)30-31-32/h5,8,10-13,18-19,22,34,36H,6-7,9,14-17H2,1-4H3/b10-5+,21-13+/t22-,28+/m1/s1. The van der Waals surface area contributed by atoms with E-state index in [1.807, 2.05) is 43.5 Å². The maximum atomic E-state index is 13.6. The van der Waals surface area contributed by atoms with Crippen molar-refractivity contribution in [3.63, 3.8) is 0 Å². The van der Waals surface area contributed by atoms with Crippen molar-refractivity contribution < 1.29 is 15.0 Å². The van der Waals surface area contributed by atoms with Crippen LogP contribution < -0.4 is 4.90 Å². The third kappa shape index (κ3) is 6.72. The van der Waals surface area contributed by atoms with Crippen molar-refractivity contribution >= 4 is 34.2 Å². The number of amides is 1. The van der Waals surface area contributed by atoms with E-state index in [1.165, 1.54) is 11.1 Å². The van der Waals surface area contributed by atoms with Gasteiger partial charge in [-0.1, -0.05) is 47.6 Å². The van der Waals surface area contributed by atoms with E-state index in [0.717, 1.165) is 27.8 Å². The number of aliphatic hydroxyl groups is 2. The van der Waals surface area contributed by atoms with Crippen molar-refractivity contribution in [2.24, 2.45) is 5.92 Å². The maximum absolute atomic E-state index is 13.6. The molecule has 0 bridgehead atoms. The van der Waals surface area contributed by atoms with Gasteiger partial charge in [0.15, 0.2) is 5.60 Å². The van der Waals surface area contributed by atoms with Crippen molar-refractivity contribution in [3.8, 4) is 0 Å². The molecule has 0 radical (unpaired) electrons. The summed E-state index contributed by atoms with van der Waals surface area (Å²) in [5.74, 6) is -0.690. The second-order valence-electron chi connectivity index (χ2n) is 9.67. The molecule has 8 heteroatoms. The number of aryl methyl sites for hydroxylation is 1. The molecular weight excluding hydrogens is 567 g/mol. The molecule has 194 valence electrons. The number of rotatable bonds is 12. The van der Waals surface area contributed by atoms with Crippen molar-refractivity contribution in [1.29, 1.82) is 0 Å². The first-order chi connectivity index (χ1) is 17.2. The second-order valence-corrected chi connectivity index (χ2v) is 10.9. The zero-order valence-electron chi connectivity index (χ0n) is 21.6. The largest absolute Gasteiger partial charge is 0.396 e. The zero-order valence-corrected chi connectivity index (χ0v) is 23.8. The molecule has 1 aromatic heterocycles. The summed E-state index contributed by atoms with van der Waals surface area (Å²) in [7, 11) is 0. The van der Waals surface area contributed by atoms with Crippen LogP contribution in [0.15, 0.2) is 59.8 Å². The van der Waals surface area contributed by atoms with Gasteiger partial charge in [0.05, 0.1) is 11.4 Å². The number of hydrogen-bond acceptors (Lipinski definition) is 5. The normalized spacial score (nSPS) is 18.7. The van der Waals surface area contributed by atoms with E-state index < -0.39 is 11.5 Å². The van der Waals surface area contributed by atoms with Crippen LogP contribution in [0.4, 0.5) is 5.69 Å². The third-order valence-corrected chi connectivity index (χ3v) is 7.18. The molecule has 3 rings (SSSR count). The number of benzene rings is 1. The first-order valence-electron chi connectivity index (χ1n) is 12.5. The van der Waals surface area contributed by atoms with E-state index in [2.05, 4.69) is 65.8 Å². The molecule has 0 aliphatic carbocycles. The Morgan fingerprint density at radius 2 is 2.00 bits per heavy atom. The monoisotopic (exact) mass is 604 g/mol. The van der Waals surface area contributed by atoms with Gasteiger partial charge < -0.3 is 15.1 Å². The van der Waals surface area contributed by atoms with Gasteiger partial charge in [-0.25, -0.2) is 0 Å². The minimum absolute atomic E-state index is 0.0470. The van der Waals surface area contributed by atoms with E-state index in [1.54, 1.807) is 9.58 Å². The Bertz CT molecular complexity index is 1150. The molecule has 0 saturated heterocycles. The lowest BCUT2D eigenvalue weighted by atomic mass is 9.83. The van der Waals surface area contributed by atoms with Gasteiger partial charge >= 0.3 is 0 Å². The van der Waals surface area contributed by atoms with Crippen molar-refractivity contribution in [1.82, 2.24) is 15.0 Å². The first-order valence-corrected chi connectivity index (χ1v) is 13.5. The zero-order chi connectivity index (χ0) is 26.3. The van der Waals surface area contributed by atoms with Crippen LogP contribution in [-0.2, 0) is 23.4 Å². The maximum Gasteiger partial charge on any atom is 0.264 e. The highest BCUT2D eigenvalue weighted by atomic mass is 127. The van der Waals surface area contributed by atoms with Gasteiger partial charge in [-0.3, -0.25) is 9.48 Å². The number of hydrogen-bond donors (Lipinski definition) is 2. The molecule has 0 saturated carbocycles. The summed E-state index contributed by atoms with van der Waals surface area (Å²) in [5.41, 5.74) is 3.12. The van der Waals surface area contributed by atoms with Gasteiger partial charge in [0.2, 0.25) is 0 Å². The predicted octanol–water partition coefficient (Wildman–Crippen LogP) is 4.93. The molecule has 1 aliphatic heterocycles. The minimum atomic E-state index is -1.61. The van der Waals surface area contributed by atoms with Crippen LogP contribution in [0.25, 0.3) is 0 Å². The van der Waals surface area contributed by atoms with Gasteiger partial charge in [-0.15, -0.1) is 5.10 Å². The Balaban J connectivity index is 1.72. The van der Waals surface area contributed by atoms with Crippen LogP contribution in [0, 0.1) is 9.49 Å². The fourth-order valence-electron chi connectivity index (χ4n) is 4.36. The van der Waals surface area contributed by atoms with E-state index >= 15 is 0 Å². The van der Waals surface area contributed by atoms with Gasteiger partial charge in [0.1, 0.15) is 0 Å². The number of nitrogens with zero attached hydrogens (tertiary/aromatic N) is 4. The van der Waals surface area contributed by atoms with E-state index in [9.17, 15) is 9.90 Å². The van der Waals surface area contributed by atoms with Crippen molar-refractivity contribution in [2.45, 2.75) is 65.5 Å². The van der Waals surface area contributed by atoms with Crippen LogP contribution in [0.3, 0.4) is 0 Å². The average Bonchev–Trinajstić information content (AvgIpc) is 3.36. The summed E-state index contributed by atoms with van der Waals surface area (Å²) < 4.78 is 2.72. The fraction of sp³-hybridized carbons (Fsp3) is 0.464. The van der Waals surface area contributed by atoms with Crippen LogP contribution in [-0.4, -0.2) is 44.3 Å². The fourth-order valence-corrected chi connectivity index (χ4v) is 4.85. The van der Waals surface area contributed by atoms with Crippen molar-refractivity contribution in [3.05, 3.63) is 74.7 Å². The van der Waals surface area contributed by atoms with Crippen LogP contribution in [0.1, 0.15) is 58.2 Å². The molecule has 36 heavy (non-hydrogen) atoms. The number of aliphatic hydroxyl groups excluding tert-OH is 1. The summed E-state index contributed by atoms with van der Waals surface area (Å²) in [6.45, 7) is 9.29. The highest BCUT2D eigenvalue weighted by molar-refractivity contribution is 14.1. The average molecular weight is 605 g/mol. The lowest BCUT2D eigenvalue weighted by Gasteiger charge is -2.27. The predicted molar refractivity (Wildman–Crippen MR) is 152 cm³/mol. The van der Waals surface area contributed by atoms with Gasteiger partial charge in [-0.05, 0) is 80.8 Å². The molecule has 7 nitrogen and oxygen atoms in total. The van der Waals surface area contributed by atoms with E-state index in [0.29, 0.717) is 31.5 Å².